The number of hydrogen-bond donors (Lipinski definition) is 0. The van der Waals surface area contributed by atoms with Gasteiger partial charge in [0.1, 0.15) is 6.10 Å². The number of aryl methyl sites for hydroxylation is 1. The summed E-state index contributed by atoms with van der Waals surface area (Å²) in [6.07, 6.45) is 1.86. The van der Waals surface area contributed by atoms with E-state index < -0.39 is 0 Å². The van der Waals surface area contributed by atoms with Crippen molar-refractivity contribution in [2.45, 2.75) is 33.8 Å². The minimum absolute atomic E-state index is 0.0860. The molecule has 1 unspecified atom stereocenters. The van der Waals surface area contributed by atoms with Gasteiger partial charge in [-0.05, 0) is 26.0 Å². The van der Waals surface area contributed by atoms with E-state index in [4.69, 9.17) is 4.74 Å². The molecule has 3 nitrogen and oxygen atoms in total. The lowest BCUT2D eigenvalue weighted by Gasteiger charge is -2.17. The molecule has 0 aliphatic heterocycles. The average Bonchev–Trinajstić information content (AvgIpc) is 2.29. The topological polar surface area (TPSA) is 35.0 Å². The Kier molecular flexibility index (Phi) is 3.27. The Hall–Kier alpha value is -1.64. The van der Waals surface area contributed by atoms with Crippen LogP contribution in [0.15, 0.2) is 24.4 Å². The van der Waals surface area contributed by atoms with Crippen LogP contribution in [-0.4, -0.2) is 16.1 Å². The summed E-state index contributed by atoms with van der Waals surface area (Å²) in [6.45, 7) is 8.12. The third-order valence-corrected chi connectivity index (χ3v) is 2.90. The van der Waals surface area contributed by atoms with Gasteiger partial charge in [-0.15, -0.1) is 0 Å². The van der Waals surface area contributed by atoms with E-state index in [0.717, 1.165) is 16.6 Å². The fraction of sp³-hybridized carbons (Fsp3) is 0.357. The summed E-state index contributed by atoms with van der Waals surface area (Å²) in [5.41, 5.74) is 1.92. The van der Waals surface area contributed by atoms with E-state index in [0.29, 0.717) is 5.88 Å². The Bertz CT molecular complexity index is 523. The first-order valence-electron chi connectivity index (χ1n) is 5.77. The molecule has 2 heterocycles. The lowest BCUT2D eigenvalue weighted by Crippen LogP contribution is -2.17. The lowest BCUT2D eigenvalue weighted by atomic mass is 10.1. The van der Waals surface area contributed by atoms with E-state index in [2.05, 4.69) is 23.8 Å². The number of pyridine rings is 2. The van der Waals surface area contributed by atoms with Crippen molar-refractivity contribution in [1.29, 1.82) is 0 Å². The van der Waals surface area contributed by atoms with Crippen molar-refractivity contribution in [3.8, 4) is 5.88 Å². The standard InChI is InChI=1S/C14H17N2O/c1-9(2)11(4)17-14-6-5-12-10(3)15-8-7-13(12)16-14/h5-8,11H,1-4H3. The summed E-state index contributed by atoms with van der Waals surface area (Å²) in [4.78, 5) is 8.72. The van der Waals surface area contributed by atoms with Crippen molar-refractivity contribution < 1.29 is 4.74 Å². The summed E-state index contributed by atoms with van der Waals surface area (Å²) < 4.78 is 5.76. The van der Waals surface area contributed by atoms with Gasteiger partial charge in [-0.1, -0.05) is 13.8 Å². The summed E-state index contributed by atoms with van der Waals surface area (Å²) in [6, 6.07) is 5.82. The molecule has 2 aromatic rings. The second kappa shape index (κ2) is 4.70. The molecule has 0 aliphatic carbocycles. The van der Waals surface area contributed by atoms with Gasteiger partial charge in [0.25, 0.3) is 0 Å². The molecule has 2 rings (SSSR count). The van der Waals surface area contributed by atoms with Crippen molar-refractivity contribution in [1.82, 2.24) is 9.97 Å². The molecule has 2 aromatic heterocycles. The normalized spacial score (nSPS) is 13.0. The van der Waals surface area contributed by atoms with Crippen molar-refractivity contribution in [2.75, 3.05) is 0 Å². The van der Waals surface area contributed by atoms with Crippen LogP contribution in [0, 0.1) is 12.8 Å². The number of ether oxygens (including phenoxy) is 1. The lowest BCUT2D eigenvalue weighted by molar-refractivity contribution is 0.227. The molecule has 0 bridgehead atoms. The van der Waals surface area contributed by atoms with Gasteiger partial charge in [-0.3, -0.25) is 4.98 Å². The quantitative estimate of drug-likeness (QED) is 0.809. The minimum Gasteiger partial charge on any atom is -0.474 e. The third kappa shape index (κ3) is 2.54. The van der Waals surface area contributed by atoms with E-state index in [9.17, 15) is 0 Å². The van der Waals surface area contributed by atoms with E-state index in [1.807, 2.05) is 32.0 Å². The first-order valence-corrected chi connectivity index (χ1v) is 5.77. The molecule has 0 aromatic carbocycles. The summed E-state index contributed by atoms with van der Waals surface area (Å²) >= 11 is 0. The van der Waals surface area contributed by atoms with Gasteiger partial charge in [0.05, 0.1) is 5.52 Å². The zero-order chi connectivity index (χ0) is 12.4. The van der Waals surface area contributed by atoms with Crippen LogP contribution in [0.5, 0.6) is 5.88 Å². The van der Waals surface area contributed by atoms with E-state index >= 15 is 0 Å². The van der Waals surface area contributed by atoms with Crippen LogP contribution in [-0.2, 0) is 0 Å². The van der Waals surface area contributed by atoms with E-state index in [1.165, 1.54) is 5.92 Å². The highest BCUT2D eigenvalue weighted by atomic mass is 16.5. The number of fused-ring (bicyclic) bond motifs is 1. The van der Waals surface area contributed by atoms with Crippen molar-refractivity contribution in [3.05, 3.63) is 36.0 Å². The second-order valence-electron chi connectivity index (χ2n) is 4.45. The number of rotatable bonds is 3. The fourth-order valence-corrected chi connectivity index (χ4v) is 1.54. The molecule has 89 valence electrons. The Labute approximate surface area is 102 Å². The first kappa shape index (κ1) is 11.8. The van der Waals surface area contributed by atoms with Crippen LogP contribution >= 0.6 is 0 Å². The van der Waals surface area contributed by atoms with Gasteiger partial charge in [0, 0.05) is 29.3 Å². The van der Waals surface area contributed by atoms with Crippen LogP contribution in [0.3, 0.4) is 0 Å². The molecule has 1 atom stereocenters. The van der Waals surface area contributed by atoms with Crippen molar-refractivity contribution >= 4 is 10.9 Å². The van der Waals surface area contributed by atoms with Crippen molar-refractivity contribution in [3.63, 3.8) is 0 Å². The molecule has 0 amide bonds. The maximum Gasteiger partial charge on any atom is 0.214 e. The molecule has 0 spiro atoms. The molecule has 0 aliphatic rings. The van der Waals surface area contributed by atoms with Crippen LogP contribution in [0.4, 0.5) is 0 Å². The summed E-state index contributed by atoms with van der Waals surface area (Å²) in [5, 5.41) is 1.07. The van der Waals surface area contributed by atoms with Gasteiger partial charge < -0.3 is 4.74 Å². The Morgan fingerprint density at radius 2 is 2.00 bits per heavy atom. The average molecular weight is 229 g/mol. The largest absolute Gasteiger partial charge is 0.474 e. The molecule has 17 heavy (non-hydrogen) atoms. The zero-order valence-electron chi connectivity index (χ0n) is 10.7. The summed E-state index contributed by atoms with van der Waals surface area (Å²) in [7, 11) is 0. The molecule has 0 fully saturated rings. The minimum atomic E-state index is 0.0860. The SMILES string of the molecule is C[C](C)C(C)Oc1ccc2c(C)nccc2n1. The highest BCUT2D eigenvalue weighted by Gasteiger charge is 2.10. The predicted molar refractivity (Wildman–Crippen MR) is 69.0 cm³/mol. The number of hydrogen-bond acceptors (Lipinski definition) is 3. The molecular weight excluding hydrogens is 212 g/mol. The Balaban J connectivity index is 2.32. The van der Waals surface area contributed by atoms with Gasteiger partial charge in [-0.2, -0.15) is 0 Å². The molecule has 3 heteroatoms. The molecule has 0 N–H and O–H groups in total. The smallest absolute Gasteiger partial charge is 0.214 e. The number of nitrogens with zero attached hydrogens (tertiary/aromatic N) is 2. The van der Waals surface area contributed by atoms with Crippen molar-refractivity contribution in [2.24, 2.45) is 0 Å². The highest BCUT2D eigenvalue weighted by Crippen LogP contribution is 2.20. The van der Waals surface area contributed by atoms with Crippen LogP contribution in [0.25, 0.3) is 10.9 Å². The Morgan fingerprint density at radius 3 is 2.71 bits per heavy atom. The fourth-order valence-electron chi connectivity index (χ4n) is 1.54. The van der Waals surface area contributed by atoms with Gasteiger partial charge >= 0.3 is 0 Å². The van der Waals surface area contributed by atoms with Crippen LogP contribution in [0.2, 0.25) is 0 Å². The third-order valence-electron chi connectivity index (χ3n) is 2.90. The van der Waals surface area contributed by atoms with Crippen LogP contribution in [0.1, 0.15) is 26.5 Å². The monoisotopic (exact) mass is 229 g/mol. The highest BCUT2D eigenvalue weighted by molar-refractivity contribution is 5.80. The number of aromatic nitrogens is 2. The first-order chi connectivity index (χ1) is 8.08. The molecular formula is C14H17N2O. The zero-order valence-corrected chi connectivity index (χ0v) is 10.7. The molecule has 1 radical (unpaired) electrons. The summed E-state index contributed by atoms with van der Waals surface area (Å²) in [5.74, 6) is 1.90. The maximum absolute atomic E-state index is 5.76. The Morgan fingerprint density at radius 1 is 1.24 bits per heavy atom. The van der Waals surface area contributed by atoms with E-state index in [-0.39, 0.29) is 6.10 Å². The second-order valence-corrected chi connectivity index (χ2v) is 4.45. The molecule has 0 saturated heterocycles. The van der Waals surface area contributed by atoms with Crippen LogP contribution < -0.4 is 4.74 Å². The maximum atomic E-state index is 5.76. The van der Waals surface area contributed by atoms with Gasteiger partial charge in [0.15, 0.2) is 0 Å². The van der Waals surface area contributed by atoms with E-state index in [1.54, 1.807) is 6.20 Å². The predicted octanol–water partition coefficient (Wildman–Crippen LogP) is 3.32. The molecule has 0 saturated carbocycles. The van der Waals surface area contributed by atoms with Gasteiger partial charge in [0.2, 0.25) is 5.88 Å². The van der Waals surface area contributed by atoms with Gasteiger partial charge in [-0.25, -0.2) is 4.98 Å².